The third-order valence-corrected chi connectivity index (χ3v) is 2.42. The summed E-state index contributed by atoms with van der Waals surface area (Å²) in [7, 11) is 0. The van der Waals surface area contributed by atoms with E-state index in [2.05, 4.69) is 17.7 Å². The zero-order valence-corrected chi connectivity index (χ0v) is 8.99. The average Bonchev–Trinajstić information content (AvgIpc) is 2.28. The molecule has 2 rings (SSSR count). The highest BCUT2D eigenvalue weighted by Gasteiger charge is 2.21. The Kier molecular flexibility index (Phi) is 2.76. The smallest absolute Gasteiger partial charge is 0.275 e. The van der Waals surface area contributed by atoms with Crippen molar-refractivity contribution in [3.8, 4) is 0 Å². The molecule has 1 aromatic carbocycles. The molecule has 1 aromatic rings. The number of rotatable bonds is 2. The van der Waals surface area contributed by atoms with E-state index < -0.39 is 6.03 Å². The van der Waals surface area contributed by atoms with Gasteiger partial charge in [0.1, 0.15) is 6.54 Å². The second-order valence-electron chi connectivity index (χ2n) is 3.60. The van der Waals surface area contributed by atoms with Gasteiger partial charge in [-0.15, -0.1) is 0 Å². The SMILES string of the molecule is CCc1cccc(N2CC(=O)NC(=O)N2)c1. The molecule has 5 nitrogen and oxygen atoms in total. The van der Waals surface area contributed by atoms with Gasteiger partial charge in [-0.3, -0.25) is 15.1 Å². The summed E-state index contributed by atoms with van der Waals surface area (Å²) in [6.07, 6.45) is 0.918. The van der Waals surface area contributed by atoms with Crippen LogP contribution in [0, 0.1) is 0 Å². The summed E-state index contributed by atoms with van der Waals surface area (Å²) in [4.78, 5) is 22.3. The normalized spacial score (nSPS) is 15.7. The summed E-state index contributed by atoms with van der Waals surface area (Å²) < 4.78 is 0. The Labute approximate surface area is 93.4 Å². The van der Waals surface area contributed by atoms with Gasteiger partial charge in [-0.05, 0) is 24.1 Å². The molecule has 1 aliphatic heterocycles. The molecule has 0 bridgehead atoms. The predicted octanol–water partition coefficient (Wildman–Crippen LogP) is 0.810. The van der Waals surface area contributed by atoms with Crippen LogP contribution < -0.4 is 15.8 Å². The first-order valence-electron chi connectivity index (χ1n) is 5.16. The Morgan fingerprint density at radius 3 is 2.88 bits per heavy atom. The van der Waals surface area contributed by atoms with E-state index in [9.17, 15) is 9.59 Å². The number of benzene rings is 1. The minimum absolute atomic E-state index is 0.138. The van der Waals surface area contributed by atoms with Crippen molar-refractivity contribution in [3.05, 3.63) is 29.8 Å². The first-order valence-corrected chi connectivity index (χ1v) is 5.16. The highest BCUT2D eigenvalue weighted by atomic mass is 16.2. The number of carbonyl (C=O) groups excluding carboxylic acids is 2. The lowest BCUT2D eigenvalue weighted by atomic mass is 10.1. The molecule has 1 fully saturated rings. The maximum atomic E-state index is 11.2. The molecule has 0 radical (unpaired) electrons. The number of amides is 3. The molecule has 0 saturated carbocycles. The Bertz CT molecular complexity index is 415. The Hall–Kier alpha value is -2.04. The number of hydrogen-bond donors (Lipinski definition) is 2. The maximum Gasteiger partial charge on any atom is 0.340 e. The molecular weight excluding hydrogens is 206 g/mol. The number of anilines is 1. The van der Waals surface area contributed by atoms with Gasteiger partial charge in [0.2, 0.25) is 5.91 Å². The highest BCUT2D eigenvalue weighted by Crippen LogP contribution is 2.15. The monoisotopic (exact) mass is 219 g/mol. The summed E-state index contributed by atoms with van der Waals surface area (Å²) in [6, 6.07) is 7.25. The van der Waals surface area contributed by atoms with Crippen molar-refractivity contribution >= 4 is 17.6 Å². The molecule has 1 heterocycles. The molecule has 5 heteroatoms. The fraction of sp³-hybridized carbons (Fsp3) is 0.273. The average molecular weight is 219 g/mol. The molecule has 2 N–H and O–H groups in total. The standard InChI is InChI=1S/C11H13N3O2/c1-2-8-4-3-5-9(6-8)14-7-10(15)12-11(16)13-14/h3-6H,2,7H2,1H3,(H2,12,13,15,16). The van der Waals surface area contributed by atoms with Gasteiger partial charge in [0, 0.05) is 0 Å². The molecule has 84 valence electrons. The third-order valence-electron chi connectivity index (χ3n) is 2.42. The van der Waals surface area contributed by atoms with Crippen LogP contribution in [0.25, 0.3) is 0 Å². The first kappa shape index (κ1) is 10.5. The van der Waals surface area contributed by atoms with E-state index >= 15 is 0 Å². The molecule has 0 atom stereocenters. The second kappa shape index (κ2) is 4.22. The van der Waals surface area contributed by atoms with Crippen LogP contribution in [-0.4, -0.2) is 18.5 Å². The third kappa shape index (κ3) is 2.13. The molecule has 1 aliphatic rings. The van der Waals surface area contributed by atoms with Crippen LogP contribution in [0.4, 0.5) is 10.5 Å². The summed E-state index contributed by atoms with van der Waals surface area (Å²) >= 11 is 0. The number of nitrogens with one attached hydrogen (secondary N) is 2. The minimum atomic E-state index is -0.488. The van der Waals surface area contributed by atoms with Crippen molar-refractivity contribution in [2.24, 2.45) is 0 Å². The molecular formula is C11H13N3O2. The summed E-state index contributed by atoms with van der Waals surface area (Å²) in [5.74, 6) is -0.300. The fourth-order valence-electron chi connectivity index (χ4n) is 1.60. The van der Waals surface area contributed by atoms with E-state index in [1.54, 1.807) is 5.01 Å². The number of hydrazine groups is 1. The summed E-state index contributed by atoms with van der Waals surface area (Å²) in [5, 5.41) is 3.72. The van der Waals surface area contributed by atoms with E-state index in [1.165, 1.54) is 0 Å². The zero-order chi connectivity index (χ0) is 11.5. The van der Waals surface area contributed by atoms with Crippen molar-refractivity contribution < 1.29 is 9.59 Å². The Morgan fingerprint density at radius 1 is 1.38 bits per heavy atom. The molecule has 0 unspecified atom stereocenters. The maximum absolute atomic E-state index is 11.2. The molecule has 16 heavy (non-hydrogen) atoms. The van der Waals surface area contributed by atoms with Gasteiger partial charge in [0.25, 0.3) is 0 Å². The molecule has 0 aromatic heterocycles. The van der Waals surface area contributed by atoms with Crippen molar-refractivity contribution in [1.29, 1.82) is 0 Å². The number of urea groups is 1. The summed E-state index contributed by atoms with van der Waals surface area (Å²) in [6.45, 7) is 2.19. The van der Waals surface area contributed by atoms with E-state index in [1.807, 2.05) is 24.3 Å². The number of carbonyl (C=O) groups is 2. The zero-order valence-electron chi connectivity index (χ0n) is 8.99. The van der Waals surface area contributed by atoms with Gasteiger partial charge >= 0.3 is 6.03 Å². The van der Waals surface area contributed by atoms with Crippen molar-refractivity contribution in [1.82, 2.24) is 10.7 Å². The summed E-state index contributed by atoms with van der Waals surface area (Å²) in [5.41, 5.74) is 4.56. The van der Waals surface area contributed by atoms with Gasteiger partial charge in [-0.25, -0.2) is 10.2 Å². The van der Waals surface area contributed by atoms with Crippen LogP contribution in [-0.2, 0) is 11.2 Å². The van der Waals surface area contributed by atoms with Crippen LogP contribution in [0.2, 0.25) is 0 Å². The van der Waals surface area contributed by atoms with Gasteiger partial charge in [-0.2, -0.15) is 0 Å². The van der Waals surface area contributed by atoms with Gasteiger partial charge < -0.3 is 0 Å². The van der Waals surface area contributed by atoms with Gasteiger partial charge in [-0.1, -0.05) is 19.1 Å². The highest BCUT2D eigenvalue weighted by molar-refractivity contribution is 6.00. The van der Waals surface area contributed by atoms with E-state index in [0.29, 0.717) is 0 Å². The van der Waals surface area contributed by atoms with Crippen LogP contribution in [0.1, 0.15) is 12.5 Å². The minimum Gasteiger partial charge on any atom is -0.275 e. The van der Waals surface area contributed by atoms with E-state index in [4.69, 9.17) is 0 Å². The van der Waals surface area contributed by atoms with Crippen LogP contribution >= 0.6 is 0 Å². The van der Waals surface area contributed by atoms with E-state index in [0.717, 1.165) is 17.7 Å². The second-order valence-corrected chi connectivity index (χ2v) is 3.60. The Morgan fingerprint density at radius 2 is 2.19 bits per heavy atom. The number of aryl methyl sites for hydroxylation is 1. The fourth-order valence-corrected chi connectivity index (χ4v) is 1.60. The molecule has 0 spiro atoms. The Balaban J connectivity index is 2.22. The van der Waals surface area contributed by atoms with E-state index in [-0.39, 0.29) is 12.5 Å². The lowest BCUT2D eigenvalue weighted by Gasteiger charge is -2.28. The first-order chi connectivity index (χ1) is 7.69. The number of nitrogens with zero attached hydrogens (tertiary/aromatic N) is 1. The van der Waals surface area contributed by atoms with Gasteiger partial charge in [0.15, 0.2) is 0 Å². The van der Waals surface area contributed by atoms with Crippen molar-refractivity contribution in [2.75, 3.05) is 11.6 Å². The topological polar surface area (TPSA) is 61.4 Å². The number of imide groups is 1. The van der Waals surface area contributed by atoms with Crippen molar-refractivity contribution in [3.63, 3.8) is 0 Å². The lowest BCUT2D eigenvalue weighted by Crippen LogP contribution is -2.59. The number of hydrogen-bond acceptors (Lipinski definition) is 3. The lowest BCUT2D eigenvalue weighted by molar-refractivity contribution is -0.119. The predicted molar refractivity (Wildman–Crippen MR) is 59.8 cm³/mol. The molecule has 3 amide bonds. The van der Waals surface area contributed by atoms with Crippen LogP contribution in [0.3, 0.4) is 0 Å². The van der Waals surface area contributed by atoms with Crippen molar-refractivity contribution in [2.45, 2.75) is 13.3 Å². The van der Waals surface area contributed by atoms with Crippen LogP contribution in [0.5, 0.6) is 0 Å². The largest absolute Gasteiger partial charge is 0.340 e. The van der Waals surface area contributed by atoms with Crippen LogP contribution in [0.15, 0.2) is 24.3 Å². The van der Waals surface area contributed by atoms with Gasteiger partial charge in [0.05, 0.1) is 5.69 Å². The molecule has 0 aliphatic carbocycles. The quantitative estimate of drug-likeness (QED) is 0.773. The molecule has 1 saturated heterocycles.